The van der Waals surface area contributed by atoms with Crippen molar-refractivity contribution in [1.29, 1.82) is 0 Å². The third-order valence-electron chi connectivity index (χ3n) is 8.19. The van der Waals surface area contributed by atoms with Gasteiger partial charge in [-0.05, 0) is 77.9 Å². The van der Waals surface area contributed by atoms with E-state index in [1.165, 1.54) is 11.1 Å². The minimum Gasteiger partial charge on any atom is -0.491 e. The first-order valence-electron chi connectivity index (χ1n) is 15.7. The SMILES string of the molecule is C=C(C)C(=O)OCC(O)COc1ccc(C2(c3ccc(OCC(O)COC(=O)C(=C)C)cc3)c3ccccc3Cc3ccccc32)cc1. The molecule has 48 heavy (non-hydrogen) atoms. The van der Waals surface area contributed by atoms with Crippen LogP contribution in [0.5, 0.6) is 11.5 Å². The first-order valence-corrected chi connectivity index (χ1v) is 15.7. The topological polar surface area (TPSA) is 112 Å². The van der Waals surface area contributed by atoms with Crippen molar-refractivity contribution in [1.82, 2.24) is 0 Å². The molecule has 0 bridgehead atoms. The van der Waals surface area contributed by atoms with E-state index in [0.717, 1.165) is 28.7 Å². The number of ether oxygens (including phenoxy) is 4. The van der Waals surface area contributed by atoms with Crippen LogP contribution in [-0.4, -0.2) is 60.8 Å². The van der Waals surface area contributed by atoms with Gasteiger partial charge in [-0.2, -0.15) is 0 Å². The lowest BCUT2D eigenvalue weighted by molar-refractivity contribution is -0.143. The van der Waals surface area contributed by atoms with Crippen molar-refractivity contribution in [3.63, 3.8) is 0 Å². The molecule has 1 aliphatic rings. The van der Waals surface area contributed by atoms with Gasteiger partial charge >= 0.3 is 11.9 Å². The molecule has 4 aromatic carbocycles. The van der Waals surface area contributed by atoms with Crippen LogP contribution in [0, 0.1) is 0 Å². The Morgan fingerprint density at radius 3 is 1.38 bits per heavy atom. The minimum absolute atomic E-state index is 0.0495. The van der Waals surface area contributed by atoms with Crippen molar-refractivity contribution in [2.45, 2.75) is 37.9 Å². The number of carbonyl (C=O) groups is 2. The summed E-state index contributed by atoms with van der Waals surface area (Å²) in [5, 5.41) is 20.6. The van der Waals surface area contributed by atoms with Crippen LogP contribution in [0.2, 0.25) is 0 Å². The molecule has 0 spiro atoms. The second-order valence-electron chi connectivity index (χ2n) is 12.0. The van der Waals surface area contributed by atoms with E-state index in [4.69, 9.17) is 18.9 Å². The van der Waals surface area contributed by atoms with Crippen LogP contribution in [0.4, 0.5) is 0 Å². The molecule has 4 aromatic rings. The Bertz CT molecular complexity index is 1640. The summed E-state index contributed by atoms with van der Waals surface area (Å²) < 4.78 is 21.8. The van der Waals surface area contributed by atoms with Crippen molar-refractivity contribution in [3.05, 3.63) is 155 Å². The summed E-state index contributed by atoms with van der Waals surface area (Å²) in [6, 6.07) is 32.6. The number of esters is 2. The van der Waals surface area contributed by atoms with Gasteiger partial charge < -0.3 is 29.2 Å². The molecule has 0 saturated carbocycles. The highest BCUT2D eigenvalue weighted by atomic mass is 16.6. The van der Waals surface area contributed by atoms with Crippen LogP contribution in [0.3, 0.4) is 0 Å². The normalized spacial score (nSPS) is 14.0. The van der Waals surface area contributed by atoms with Gasteiger partial charge in [-0.15, -0.1) is 0 Å². The van der Waals surface area contributed by atoms with E-state index in [1.54, 1.807) is 13.8 Å². The highest BCUT2D eigenvalue weighted by molar-refractivity contribution is 5.87. The van der Waals surface area contributed by atoms with E-state index in [-0.39, 0.29) is 37.6 Å². The lowest BCUT2D eigenvalue weighted by Crippen LogP contribution is -2.36. The fraction of sp³-hybridized carbons (Fsp3) is 0.250. The van der Waals surface area contributed by atoms with Gasteiger partial charge in [0.25, 0.3) is 0 Å². The third kappa shape index (κ3) is 7.51. The zero-order chi connectivity index (χ0) is 34.3. The molecule has 248 valence electrons. The molecule has 5 rings (SSSR count). The first-order chi connectivity index (χ1) is 23.1. The third-order valence-corrected chi connectivity index (χ3v) is 8.19. The number of aliphatic hydroxyl groups is 2. The van der Waals surface area contributed by atoms with Crippen molar-refractivity contribution in [2.75, 3.05) is 26.4 Å². The van der Waals surface area contributed by atoms with Gasteiger partial charge in [0.1, 0.15) is 50.1 Å². The van der Waals surface area contributed by atoms with Crippen molar-refractivity contribution in [3.8, 4) is 11.5 Å². The number of carbonyl (C=O) groups excluding carboxylic acids is 2. The zero-order valence-corrected chi connectivity index (χ0v) is 27.2. The molecule has 0 fully saturated rings. The summed E-state index contributed by atoms with van der Waals surface area (Å²) in [5.41, 5.74) is 6.66. The van der Waals surface area contributed by atoms with Crippen LogP contribution in [0.15, 0.2) is 121 Å². The van der Waals surface area contributed by atoms with Gasteiger partial charge in [-0.3, -0.25) is 0 Å². The number of aliphatic hydroxyl groups excluding tert-OH is 2. The lowest BCUT2D eigenvalue weighted by Gasteiger charge is -2.42. The average molecular weight is 649 g/mol. The lowest BCUT2D eigenvalue weighted by atomic mass is 9.60. The number of fused-ring (bicyclic) bond motifs is 2. The summed E-state index contributed by atoms with van der Waals surface area (Å²) in [4.78, 5) is 23.3. The van der Waals surface area contributed by atoms with Crippen molar-refractivity contribution < 1.29 is 38.7 Å². The standard InChI is InChI=1S/C40H40O8/c1-26(2)38(43)47-24-32(41)22-45-34-17-13-30(14-18-34)40(36-11-7-5-9-28(36)21-29-10-6-8-12-37(29)40)31-15-19-35(20-16-31)46-23-33(42)25-48-39(44)27(3)4/h5-20,32-33,41-42H,1,3,21-25H2,2,4H3. The maximum Gasteiger partial charge on any atom is 0.333 e. The smallest absolute Gasteiger partial charge is 0.333 e. The van der Waals surface area contributed by atoms with E-state index in [0.29, 0.717) is 11.5 Å². The van der Waals surface area contributed by atoms with Crippen molar-refractivity contribution in [2.24, 2.45) is 0 Å². The Hall–Kier alpha value is -5.18. The summed E-state index contributed by atoms with van der Waals surface area (Å²) in [5.74, 6) is 0.00617. The maximum atomic E-state index is 11.7. The molecule has 0 amide bonds. The van der Waals surface area contributed by atoms with E-state index in [2.05, 4.69) is 61.7 Å². The van der Waals surface area contributed by atoms with E-state index in [9.17, 15) is 19.8 Å². The fourth-order valence-electron chi connectivity index (χ4n) is 5.89. The number of hydrogen-bond donors (Lipinski definition) is 2. The molecule has 0 heterocycles. The molecule has 2 atom stereocenters. The molecule has 0 aromatic heterocycles. The van der Waals surface area contributed by atoms with Crippen LogP contribution < -0.4 is 9.47 Å². The Morgan fingerprint density at radius 2 is 1.00 bits per heavy atom. The fourth-order valence-corrected chi connectivity index (χ4v) is 5.89. The highest BCUT2D eigenvalue weighted by Gasteiger charge is 2.43. The molecule has 0 radical (unpaired) electrons. The van der Waals surface area contributed by atoms with E-state index < -0.39 is 29.6 Å². The molecule has 0 saturated heterocycles. The predicted octanol–water partition coefficient (Wildman–Crippen LogP) is 5.69. The van der Waals surface area contributed by atoms with E-state index >= 15 is 0 Å². The molecule has 2 unspecified atom stereocenters. The Morgan fingerprint density at radius 1 is 0.625 bits per heavy atom. The van der Waals surface area contributed by atoms with E-state index in [1.807, 2.05) is 48.5 Å². The monoisotopic (exact) mass is 648 g/mol. The van der Waals surface area contributed by atoms with Gasteiger partial charge in [-0.1, -0.05) is 86.0 Å². The highest BCUT2D eigenvalue weighted by Crippen LogP contribution is 2.51. The van der Waals surface area contributed by atoms with Crippen LogP contribution in [0.25, 0.3) is 0 Å². The molecule has 2 N–H and O–H groups in total. The summed E-state index contributed by atoms with van der Waals surface area (Å²) in [6.45, 7) is 9.70. The molecule has 0 aliphatic heterocycles. The quantitative estimate of drug-likeness (QED) is 0.117. The molecule has 1 aliphatic carbocycles. The Kier molecular flexibility index (Phi) is 10.8. The van der Waals surface area contributed by atoms with Gasteiger partial charge in [-0.25, -0.2) is 9.59 Å². The Balaban J connectivity index is 1.43. The second-order valence-corrected chi connectivity index (χ2v) is 12.0. The largest absolute Gasteiger partial charge is 0.491 e. The van der Waals surface area contributed by atoms with Crippen LogP contribution in [0.1, 0.15) is 47.2 Å². The molecule has 8 nitrogen and oxygen atoms in total. The minimum atomic E-state index is -0.996. The second kappa shape index (κ2) is 15.2. The first kappa shape index (κ1) is 34.2. The Labute approximate surface area is 280 Å². The molecule has 8 heteroatoms. The van der Waals surface area contributed by atoms with Gasteiger partial charge in [0.15, 0.2) is 0 Å². The summed E-state index contributed by atoms with van der Waals surface area (Å²) in [7, 11) is 0. The van der Waals surface area contributed by atoms with Crippen LogP contribution in [-0.2, 0) is 30.9 Å². The van der Waals surface area contributed by atoms with Gasteiger partial charge in [0.2, 0.25) is 0 Å². The zero-order valence-electron chi connectivity index (χ0n) is 27.2. The van der Waals surface area contributed by atoms with Crippen LogP contribution >= 0.6 is 0 Å². The number of hydrogen-bond acceptors (Lipinski definition) is 8. The average Bonchev–Trinajstić information content (AvgIpc) is 3.10. The molecular formula is C40H40O8. The predicted molar refractivity (Wildman–Crippen MR) is 182 cm³/mol. The maximum absolute atomic E-state index is 11.7. The van der Waals surface area contributed by atoms with Gasteiger partial charge in [0, 0.05) is 11.1 Å². The number of benzene rings is 4. The number of rotatable bonds is 14. The van der Waals surface area contributed by atoms with Crippen molar-refractivity contribution >= 4 is 11.9 Å². The molecular weight excluding hydrogens is 608 g/mol. The summed E-state index contributed by atoms with van der Waals surface area (Å²) in [6.07, 6.45) is -1.19. The summed E-state index contributed by atoms with van der Waals surface area (Å²) >= 11 is 0. The van der Waals surface area contributed by atoms with Gasteiger partial charge in [0.05, 0.1) is 5.41 Å².